The summed E-state index contributed by atoms with van der Waals surface area (Å²) in [5, 5.41) is 0. The van der Waals surface area contributed by atoms with Crippen LogP contribution < -0.4 is 4.74 Å². The number of ether oxygens (including phenoxy) is 1. The zero-order valence-electron chi connectivity index (χ0n) is 15.9. The molecular weight excluding hydrogens is 308 g/mol. The fraction of sp³-hybridized carbons (Fsp3) is 0.409. The molecular formula is C22H28N2O. The SMILES string of the molecule is Cc1cc(-c2ccnc3ccn(C)c23)ccc1OC[C@H](C)CC(C)C. The summed E-state index contributed by atoms with van der Waals surface area (Å²) in [5.74, 6) is 2.26. The van der Waals surface area contributed by atoms with E-state index in [0.717, 1.165) is 17.9 Å². The van der Waals surface area contributed by atoms with E-state index in [4.69, 9.17) is 4.74 Å². The van der Waals surface area contributed by atoms with Gasteiger partial charge in [-0.15, -0.1) is 0 Å². The molecule has 2 heterocycles. The molecule has 1 aromatic carbocycles. The second kappa shape index (κ2) is 7.30. The number of nitrogens with zero attached hydrogens (tertiary/aromatic N) is 2. The van der Waals surface area contributed by atoms with Gasteiger partial charge in [0, 0.05) is 25.0 Å². The molecule has 3 nitrogen and oxygen atoms in total. The molecule has 0 N–H and O–H groups in total. The Bertz CT molecular complexity index is 864. The highest BCUT2D eigenvalue weighted by Gasteiger charge is 2.11. The van der Waals surface area contributed by atoms with Crippen LogP contribution in [0, 0.1) is 18.8 Å². The number of aromatic nitrogens is 2. The Morgan fingerprint density at radius 2 is 1.92 bits per heavy atom. The van der Waals surface area contributed by atoms with Crippen LogP contribution in [0.25, 0.3) is 22.2 Å². The number of hydrogen-bond donors (Lipinski definition) is 0. The molecule has 25 heavy (non-hydrogen) atoms. The van der Waals surface area contributed by atoms with Crippen molar-refractivity contribution < 1.29 is 4.74 Å². The lowest BCUT2D eigenvalue weighted by Gasteiger charge is -2.17. The maximum atomic E-state index is 6.07. The summed E-state index contributed by atoms with van der Waals surface area (Å²) in [7, 11) is 2.06. The van der Waals surface area contributed by atoms with Gasteiger partial charge in [-0.3, -0.25) is 4.98 Å². The van der Waals surface area contributed by atoms with Crippen LogP contribution in [0.3, 0.4) is 0 Å². The van der Waals surface area contributed by atoms with E-state index in [-0.39, 0.29) is 0 Å². The number of benzene rings is 1. The van der Waals surface area contributed by atoms with Gasteiger partial charge < -0.3 is 9.30 Å². The first-order valence-electron chi connectivity index (χ1n) is 9.09. The largest absolute Gasteiger partial charge is 0.493 e. The van der Waals surface area contributed by atoms with Crippen molar-refractivity contribution in [3.63, 3.8) is 0 Å². The third kappa shape index (κ3) is 3.87. The molecule has 0 amide bonds. The van der Waals surface area contributed by atoms with E-state index in [1.807, 2.05) is 6.20 Å². The predicted octanol–water partition coefficient (Wildman–Crippen LogP) is 5.61. The second-order valence-corrected chi connectivity index (χ2v) is 7.55. The Hall–Kier alpha value is -2.29. The van der Waals surface area contributed by atoms with Gasteiger partial charge in [0.1, 0.15) is 5.75 Å². The average molecular weight is 336 g/mol. The molecule has 3 rings (SSSR count). The van der Waals surface area contributed by atoms with Crippen molar-refractivity contribution >= 4 is 11.0 Å². The zero-order valence-corrected chi connectivity index (χ0v) is 15.9. The summed E-state index contributed by atoms with van der Waals surface area (Å²) in [6.07, 6.45) is 5.13. The van der Waals surface area contributed by atoms with Gasteiger partial charge in [-0.25, -0.2) is 0 Å². The lowest BCUT2D eigenvalue weighted by Crippen LogP contribution is -2.11. The Morgan fingerprint density at radius 3 is 2.64 bits per heavy atom. The minimum atomic E-state index is 0.572. The topological polar surface area (TPSA) is 27.1 Å². The molecule has 1 atom stereocenters. The number of fused-ring (bicyclic) bond motifs is 1. The monoisotopic (exact) mass is 336 g/mol. The molecule has 3 aromatic rings. The van der Waals surface area contributed by atoms with Crippen LogP contribution in [0.15, 0.2) is 42.7 Å². The highest BCUT2D eigenvalue weighted by molar-refractivity contribution is 5.92. The lowest BCUT2D eigenvalue weighted by atomic mass is 10.00. The quantitative estimate of drug-likeness (QED) is 0.585. The van der Waals surface area contributed by atoms with Gasteiger partial charge in [0.05, 0.1) is 17.6 Å². The van der Waals surface area contributed by atoms with E-state index in [2.05, 4.69) is 80.8 Å². The number of rotatable bonds is 6. The number of hydrogen-bond acceptors (Lipinski definition) is 2. The molecule has 0 fully saturated rings. The van der Waals surface area contributed by atoms with Crippen molar-refractivity contribution in [3.05, 3.63) is 48.3 Å². The van der Waals surface area contributed by atoms with Crippen LogP contribution in [-0.2, 0) is 7.05 Å². The van der Waals surface area contributed by atoms with E-state index in [9.17, 15) is 0 Å². The van der Waals surface area contributed by atoms with Gasteiger partial charge in [-0.1, -0.05) is 26.8 Å². The Labute approximate surface area is 150 Å². The summed E-state index contributed by atoms with van der Waals surface area (Å²) < 4.78 is 8.20. The fourth-order valence-electron chi connectivity index (χ4n) is 3.54. The van der Waals surface area contributed by atoms with E-state index < -0.39 is 0 Å². The van der Waals surface area contributed by atoms with Crippen molar-refractivity contribution in [2.24, 2.45) is 18.9 Å². The maximum absolute atomic E-state index is 6.07. The average Bonchev–Trinajstić information content (AvgIpc) is 2.94. The van der Waals surface area contributed by atoms with E-state index in [1.54, 1.807) is 0 Å². The summed E-state index contributed by atoms with van der Waals surface area (Å²) in [5.41, 5.74) is 5.78. The van der Waals surface area contributed by atoms with Crippen molar-refractivity contribution in [2.75, 3.05) is 6.61 Å². The molecule has 0 spiro atoms. The van der Waals surface area contributed by atoms with Gasteiger partial charge in [-0.05, 0) is 60.6 Å². The molecule has 3 heteroatoms. The molecule has 0 saturated carbocycles. The molecule has 0 unspecified atom stereocenters. The van der Waals surface area contributed by atoms with Crippen LogP contribution >= 0.6 is 0 Å². The Balaban J connectivity index is 1.83. The van der Waals surface area contributed by atoms with Crippen LogP contribution in [0.4, 0.5) is 0 Å². The maximum Gasteiger partial charge on any atom is 0.122 e. The molecule has 0 aliphatic rings. The van der Waals surface area contributed by atoms with Crippen LogP contribution in [0.5, 0.6) is 5.75 Å². The normalized spacial score (nSPS) is 12.7. The molecule has 0 aliphatic carbocycles. The minimum absolute atomic E-state index is 0.572. The summed E-state index contributed by atoms with van der Waals surface area (Å²) in [4.78, 5) is 4.46. The minimum Gasteiger partial charge on any atom is -0.493 e. The molecule has 0 aliphatic heterocycles. The molecule has 0 radical (unpaired) electrons. The van der Waals surface area contributed by atoms with Crippen LogP contribution in [-0.4, -0.2) is 16.2 Å². The van der Waals surface area contributed by atoms with Crippen molar-refractivity contribution in [1.82, 2.24) is 9.55 Å². The van der Waals surface area contributed by atoms with Crippen LogP contribution in [0.2, 0.25) is 0 Å². The predicted molar refractivity (Wildman–Crippen MR) is 105 cm³/mol. The van der Waals surface area contributed by atoms with E-state index in [0.29, 0.717) is 11.8 Å². The molecule has 0 bridgehead atoms. The third-order valence-corrected chi connectivity index (χ3v) is 4.64. The first-order valence-corrected chi connectivity index (χ1v) is 9.09. The van der Waals surface area contributed by atoms with Crippen molar-refractivity contribution in [3.8, 4) is 16.9 Å². The fourth-order valence-corrected chi connectivity index (χ4v) is 3.54. The highest BCUT2D eigenvalue weighted by Crippen LogP contribution is 2.31. The van der Waals surface area contributed by atoms with Gasteiger partial charge in [0.25, 0.3) is 0 Å². The molecule has 0 saturated heterocycles. The van der Waals surface area contributed by atoms with Gasteiger partial charge in [-0.2, -0.15) is 0 Å². The first kappa shape index (κ1) is 17.5. The third-order valence-electron chi connectivity index (χ3n) is 4.64. The smallest absolute Gasteiger partial charge is 0.122 e. The number of pyridine rings is 1. The van der Waals surface area contributed by atoms with E-state index >= 15 is 0 Å². The van der Waals surface area contributed by atoms with Crippen molar-refractivity contribution in [1.29, 1.82) is 0 Å². The number of aryl methyl sites for hydroxylation is 2. The molecule has 132 valence electrons. The van der Waals surface area contributed by atoms with Crippen molar-refractivity contribution in [2.45, 2.75) is 34.1 Å². The summed E-state index contributed by atoms with van der Waals surface area (Å²) in [6, 6.07) is 10.6. The van der Waals surface area contributed by atoms with E-state index in [1.165, 1.54) is 28.6 Å². The molecule has 2 aromatic heterocycles. The van der Waals surface area contributed by atoms with Gasteiger partial charge >= 0.3 is 0 Å². The second-order valence-electron chi connectivity index (χ2n) is 7.55. The Kier molecular flexibility index (Phi) is 5.12. The summed E-state index contributed by atoms with van der Waals surface area (Å²) in [6.45, 7) is 9.67. The first-order chi connectivity index (χ1) is 12.0. The van der Waals surface area contributed by atoms with Crippen LogP contribution in [0.1, 0.15) is 32.8 Å². The highest BCUT2D eigenvalue weighted by atomic mass is 16.5. The zero-order chi connectivity index (χ0) is 18.0. The lowest BCUT2D eigenvalue weighted by molar-refractivity contribution is 0.238. The van der Waals surface area contributed by atoms with Gasteiger partial charge in [0.15, 0.2) is 0 Å². The Morgan fingerprint density at radius 1 is 1.12 bits per heavy atom. The summed E-state index contributed by atoms with van der Waals surface area (Å²) >= 11 is 0. The standard InChI is InChI=1S/C22H28N2O/c1-15(2)12-16(3)14-25-21-7-6-18(13-17(21)4)19-8-10-23-20-9-11-24(5)22(19)20/h6-11,13,15-16H,12,14H2,1-5H3/t16-/m1/s1. The van der Waals surface area contributed by atoms with Gasteiger partial charge in [0.2, 0.25) is 0 Å².